The Balaban J connectivity index is 2.20. The van der Waals surface area contributed by atoms with Crippen LogP contribution in [0.4, 0.5) is 0 Å². The maximum Gasteiger partial charge on any atom is 0.223 e. The zero-order valence-corrected chi connectivity index (χ0v) is 7.73. The lowest BCUT2D eigenvalue weighted by Gasteiger charge is -2.21. The molecule has 0 radical (unpaired) electrons. The van der Waals surface area contributed by atoms with E-state index >= 15 is 0 Å². The van der Waals surface area contributed by atoms with Crippen LogP contribution in [-0.2, 0) is 4.79 Å². The second kappa shape index (κ2) is 5.14. The molecule has 1 amide bonds. The Morgan fingerprint density at radius 3 is 2.75 bits per heavy atom. The van der Waals surface area contributed by atoms with Gasteiger partial charge in [-0.3, -0.25) is 4.79 Å². The van der Waals surface area contributed by atoms with Gasteiger partial charge in [-0.2, -0.15) is 0 Å². The second-order valence-electron chi connectivity index (χ2n) is 3.32. The quantitative estimate of drug-likeness (QED) is 0.648. The third kappa shape index (κ3) is 2.81. The van der Waals surface area contributed by atoms with E-state index in [-0.39, 0.29) is 11.8 Å². The Labute approximate surface area is 73.9 Å². The van der Waals surface area contributed by atoms with Crippen LogP contribution < -0.4 is 10.6 Å². The van der Waals surface area contributed by atoms with Crippen molar-refractivity contribution in [3.05, 3.63) is 0 Å². The predicted octanol–water partition coefficient (Wildman–Crippen LogP) is 0.512. The molecule has 2 N–H and O–H groups in total. The molecule has 0 saturated carbocycles. The number of hydrogen-bond donors (Lipinski definition) is 2. The molecule has 0 spiro atoms. The SMILES string of the molecule is CCCNC(=O)C1CCNCC1. The Morgan fingerprint density at radius 1 is 1.50 bits per heavy atom. The molecule has 1 aliphatic heterocycles. The first kappa shape index (κ1) is 9.52. The van der Waals surface area contributed by atoms with Gasteiger partial charge in [-0.1, -0.05) is 6.92 Å². The van der Waals surface area contributed by atoms with E-state index in [1.807, 2.05) is 0 Å². The van der Waals surface area contributed by atoms with Crippen LogP contribution in [0, 0.1) is 5.92 Å². The van der Waals surface area contributed by atoms with E-state index in [0.717, 1.165) is 38.9 Å². The normalized spacial score (nSPS) is 19.1. The number of carbonyl (C=O) groups is 1. The molecule has 1 saturated heterocycles. The summed E-state index contributed by atoms with van der Waals surface area (Å²) in [7, 11) is 0. The highest BCUT2D eigenvalue weighted by Crippen LogP contribution is 2.10. The average molecular weight is 170 g/mol. The molecule has 3 nitrogen and oxygen atoms in total. The first-order chi connectivity index (χ1) is 5.84. The molecule has 0 unspecified atom stereocenters. The molecule has 70 valence electrons. The van der Waals surface area contributed by atoms with E-state index in [9.17, 15) is 4.79 Å². The van der Waals surface area contributed by atoms with Crippen LogP contribution in [0.15, 0.2) is 0 Å². The lowest BCUT2D eigenvalue weighted by molar-refractivity contribution is -0.125. The lowest BCUT2D eigenvalue weighted by atomic mass is 9.97. The standard InChI is InChI=1S/C9H18N2O/c1-2-5-11-9(12)8-3-6-10-7-4-8/h8,10H,2-7H2,1H3,(H,11,12). The van der Waals surface area contributed by atoms with Crippen molar-refractivity contribution in [2.45, 2.75) is 26.2 Å². The second-order valence-corrected chi connectivity index (χ2v) is 3.32. The smallest absolute Gasteiger partial charge is 0.223 e. The van der Waals surface area contributed by atoms with E-state index < -0.39 is 0 Å². The number of hydrogen-bond acceptors (Lipinski definition) is 2. The van der Waals surface area contributed by atoms with Crippen molar-refractivity contribution in [2.75, 3.05) is 19.6 Å². The molecule has 0 aromatic rings. The minimum atomic E-state index is 0.248. The highest BCUT2D eigenvalue weighted by molar-refractivity contribution is 5.78. The van der Waals surface area contributed by atoms with Crippen LogP contribution in [0.2, 0.25) is 0 Å². The molecule has 0 atom stereocenters. The van der Waals surface area contributed by atoms with Gasteiger partial charge in [0.25, 0.3) is 0 Å². The van der Waals surface area contributed by atoms with Crippen molar-refractivity contribution >= 4 is 5.91 Å². The third-order valence-corrected chi connectivity index (χ3v) is 2.26. The molecule has 3 heteroatoms. The van der Waals surface area contributed by atoms with E-state index in [4.69, 9.17) is 0 Å². The van der Waals surface area contributed by atoms with Crippen LogP contribution in [0.1, 0.15) is 26.2 Å². The summed E-state index contributed by atoms with van der Waals surface area (Å²) < 4.78 is 0. The minimum absolute atomic E-state index is 0.248. The lowest BCUT2D eigenvalue weighted by Crippen LogP contribution is -2.38. The van der Waals surface area contributed by atoms with Gasteiger partial charge in [0.15, 0.2) is 0 Å². The number of nitrogens with one attached hydrogen (secondary N) is 2. The van der Waals surface area contributed by atoms with E-state index in [1.54, 1.807) is 0 Å². The monoisotopic (exact) mass is 170 g/mol. The summed E-state index contributed by atoms with van der Waals surface area (Å²) >= 11 is 0. The van der Waals surface area contributed by atoms with Gasteiger partial charge in [-0.15, -0.1) is 0 Å². The van der Waals surface area contributed by atoms with Gasteiger partial charge >= 0.3 is 0 Å². The van der Waals surface area contributed by atoms with Gasteiger partial charge in [0.05, 0.1) is 0 Å². The Hall–Kier alpha value is -0.570. The highest BCUT2D eigenvalue weighted by Gasteiger charge is 2.19. The number of carbonyl (C=O) groups excluding carboxylic acids is 1. The molecule has 0 aromatic carbocycles. The maximum atomic E-state index is 11.4. The van der Waals surface area contributed by atoms with Crippen molar-refractivity contribution in [1.82, 2.24) is 10.6 Å². The van der Waals surface area contributed by atoms with Crippen molar-refractivity contribution in [1.29, 1.82) is 0 Å². The molecule has 0 aliphatic carbocycles. The van der Waals surface area contributed by atoms with E-state index in [0.29, 0.717) is 0 Å². The van der Waals surface area contributed by atoms with Crippen molar-refractivity contribution in [3.8, 4) is 0 Å². The Kier molecular flexibility index (Phi) is 4.08. The summed E-state index contributed by atoms with van der Waals surface area (Å²) in [5.74, 6) is 0.510. The fourth-order valence-electron chi connectivity index (χ4n) is 1.48. The Morgan fingerprint density at radius 2 is 2.17 bits per heavy atom. The zero-order chi connectivity index (χ0) is 8.81. The summed E-state index contributed by atoms with van der Waals surface area (Å²) in [6, 6.07) is 0. The van der Waals surface area contributed by atoms with Crippen LogP contribution >= 0.6 is 0 Å². The molecule has 0 bridgehead atoms. The molecular formula is C9H18N2O. The summed E-state index contributed by atoms with van der Waals surface area (Å²) in [6.45, 7) is 4.87. The largest absolute Gasteiger partial charge is 0.356 e. The summed E-state index contributed by atoms with van der Waals surface area (Å²) in [5.41, 5.74) is 0. The van der Waals surface area contributed by atoms with E-state index in [2.05, 4.69) is 17.6 Å². The van der Waals surface area contributed by atoms with Crippen LogP contribution in [0.3, 0.4) is 0 Å². The molecule has 1 fully saturated rings. The summed E-state index contributed by atoms with van der Waals surface area (Å²) in [4.78, 5) is 11.4. The van der Waals surface area contributed by atoms with Gasteiger partial charge in [0.2, 0.25) is 5.91 Å². The zero-order valence-electron chi connectivity index (χ0n) is 7.73. The summed E-state index contributed by atoms with van der Waals surface area (Å²) in [6.07, 6.45) is 3.02. The third-order valence-electron chi connectivity index (χ3n) is 2.26. The molecule has 1 heterocycles. The molecule has 1 rings (SSSR count). The maximum absolute atomic E-state index is 11.4. The van der Waals surface area contributed by atoms with Crippen molar-refractivity contribution in [3.63, 3.8) is 0 Å². The number of piperidine rings is 1. The van der Waals surface area contributed by atoms with Gasteiger partial charge in [0, 0.05) is 12.5 Å². The minimum Gasteiger partial charge on any atom is -0.356 e. The van der Waals surface area contributed by atoms with Crippen LogP contribution in [-0.4, -0.2) is 25.5 Å². The fraction of sp³-hybridized carbons (Fsp3) is 0.889. The van der Waals surface area contributed by atoms with Crippen LogP contribution in [0.5, 0.6) is 0 Å². The van der Waals surface area contributed by atoms with Gasteiger partial charge in [-0.25, -0.2) is 0 Å². The van der Waals surface area contributed by atoms with Crippen LogP contribution in [0.25, 0.3) is 0 Å². The van der Waals surface area contributed by atoms with Gasteiger partial charge < -0.3 is 10.6 Å². The molecule has 1 aliphatic rings. The first-order valence-electron chi connectivity index (χ1n) is 4.83. The predicted molar refractivity (Wildman–Crippen MR) is 48.9 cm³/mol. The summed E-state index contributed by atoms with van der Waals surface area (Å²) in [5, 5.41) is 6.18. The van der Waals surface area contributed by atoms with Gasteiger partial charge in [0.1, 0.15) is 0 Å². The number of amides is 1. The average Bonchev–Trinajstić information content (AvgIpc) is 2.15. The van der Waals surface area contributed by atoms with Crippen molar-refractivity contribution in [2.24, 2.45) is 5.92 Å². The topological polar surface area (TPSA) is 41.1 Å². The van der Waals surface area contributed by atoms with Gasteiger partial charge in [-0.05, 0) is 32.4 Å². The van der Waals surface area contributed by atoms with E-state index in [1.165, 1.54) is 0 Å². The fourth-order valence-corrected chi connectivity index (χ4v) is 1.48. The Bertz CT molecular complexity index is 141. The number of rotatable bonds is 3. The molecule has 0 aromatic heterocycles. The highest BCUT2D eigenvalue weighted by atomic mass is 16.1. The molecular weight excluding hydrogens is 152 g/mol. The first-order valence-corrected chi connectivity index (χ1v) is 4.83. The molecule has 12 heavy (non-hydrogen) atoms. The van der Waals surface area contributed by atoms with Crippen molar-refractivity contribution < 1.29 is 4.79 Å².